The third-order valence-electron chi connectivity index (χ3n) is 6.10. The van der Waals surface area contributed by atoms with Gasteiger partial charge in [-0.2, -0.15) is 13.2 Å². The van der Waals surface area contributed by atoms with E-state index in [1.165, 1.54) is 12.1 Å². The lowest BCUT2D eigenvalue weighted by Crippen LogP contribution is -2.18. The van der Waals surface area contributed by atoms with Gasteiger partial charge in [-0.1, -0.05) is 25.8 Å². The molecule has 1 aliphatic rings. The lowest BCUT2D eigenvalue weighted by molar-refractivity contribution is -0.145. The molecule has 192 valence electrons. The van der Waals surface area contributed by atoms with Crippen LogP contribution in [0.2, 0.25) is 0 Å². The Morgan fingerprint density at radius 2 is 1.97 bits per heavy atom. The maximum Gasteiger partial charge on any atom is 0.416 e. The fraction of sp³-hybridized carbons (Fsp3) is 0.519. The van der Waals surface area contributed by atoms with Crippen LogP contribution in [0.15, 0.2) is 46.2 Å². The number of thioether (sulfide) groups is 2. The second-order valence-electron chi connectivity index (χ2n) is 8.74. The molecule has 0 spiro atoms. The molecule has 0 N–H and O–H groups in total. The summed E-state index contributed by atoms with van der Waals surface area (Å²) in [6, 6.07) is 10.1. The molecule has 1 aliphatic heterocycles. The van der Waals surface area contributed by atoms with E-state index in [9.17, 15) is 18.0 Å². The van der Waals surface area contributed by atoms with Crippen LogP contribution < -0.4 is 4.74 Å². The summed E-state index contributed by atoms with van der Waals surface area (Å²) < 4.78 is 49.8. The molecule has 0 bridgehead atoms. The summed E-state index contributed by atoms with van der Waals surface area (Å²) in [4.78, 5) is 13.4. The number of esters is 1. The van der Waals surface area contributed by atoms with Crippen LogP contribution in [0.4, 0.5) is 13.2 Å². The number of benzene rings is 2. The highest BCUT2D eigenvalue weighted by Crippen LogP contribution is 2.45. The molecule has 8 heteroatoms. The van der Waals surface area contributed by atoms with Gasteiger partial charge in [0, 0.05) is 15.0 Å². The fourth-order valence-corrected chi connectivity index (χ4v) is 6.85. The van der Waals surface area contributed by atoms with E-state index in [1.807, 2.05) is 19.1 Å². The number of hydrogen-bond acceptors (Lipinski definition) is 5. The predicted octanol–water partition coefficient (Wildman–Crippen LogP) is 7.96. The van der Waals surface area contributed by atoms with E-state index in [0.29, 0.717) is 23.5 Å². The van der Waals surface area contributed by atoms with Crippen molar-refractivity contribution < 1.29 is 27.4 Å². The minimum atomic E-state index is -4.30. The molecule has 2 aromatic rings. The molecule has 3 nitrogen and oxygen atoms in total. The van der Waals surface area contributed by atoms with Crippen molar-refractivity contribution in [2.45, 2.75) is 74.1 Å². The Hall–Kier alpha value is -1.80. The molecular weight excluding hydrogens is 493 g/mol. The normalized spacial score (nSPS) is 16.1. The second kappa shape index (κ2) is 12.9. The number of rotatable bonds is 12. The number of aryl methyl sites for hydroxylation is 1. The number of carbonyl (C=O) groups excluding carboxylic acids is 1. The van der Waals surface area contributed by atoms with Crippen molar-refractivity contribution in [2.24, 2.45) is 5.92 Å². The zero-order valence-electron chi connectivity index (χ0n) is 20.5. The molecule has 2 aromatic carbocycles. The zero-order valence-corrected chi connectivity index (χ0v) is 22.1. The first-order valence-electron chi connectivity index (χ1n) is 12.1. The van der Waals surface area contributed by atoms with Crippen LogP contribution in [0.3, 0.4) is 0 Å². The molecule has 0 aromatic heterocycles. The van der Waals surface area contributed by atoms with Crippen LogP contribution in [-0.4, -0.2) is 30.2 Å². The highest BCUT2D eigenvalue weighted by Gasteiger charge is 2.34. The first-order valence-corrected chi connectivity index (χ1v) is 14.0. The average molecular weight is 527 g/mol. The number of hydrogen-bond donors (Lipinski definition) is 0. The fourth-order valence-electron chi connectivity index (χ4n) is 4.22. The summed E-state index contributed by atoms with van der Waals surface area (Å²) in [6.07, 6.45) is 0.879. The van der Waals surface area contributed by atoms with Crippen molar-refractivity contribution in [1.29, 1.82) is 0 Å². The van der Waals surface area contributed by atoms with Crippen molar-refractivity contribution in [3.05, 3.63) is 53.1 Å². The van der Waals surface area contributed by atoms with Crippen molar-refractivity contribution in [2.75, 3.05) is 19.0 Å². The lowest BCUT2D eigenvalue weighted by Gasteiger charge is -2.22. The molecule has 0 radical (unpaired) electrons. The molecular formula is C27H33F3O3S2. The Balaban J connectivity index is 1.56. The minimum Gasteiger partial charge on any atom is -0.482 e. The third kappa shape index (κ3) is 8.10. The topological polar surface area (TPSA) is 35.5 Å². The zero-order chi connectivity index (χ0) is 25.4. The summed E-state index contributed by atoms with van der Waals surface area (Å²) in [5.41, 5.74) is 1.44. The van der Waals surface area contributed by atoms with Gasteiger partial charge in [-0.3, -0.25) is 0 Å². The molecule has 3 rings (SSSR count). The number of carbonyl (C=O) groups is 1. The number of alkyl halides is 3. The van der Waals surface area contributed by atoms with Crippen molar-refractivity contribution >= 4 is 29.5 Å². The second-order valence-corrected chi connectivity index (χ2v) is 11.2. The average Bonchev–Trinajstić information content (AvgIpc) is 3.23. The quantitative estimate of drug-likeness (QED) is 0.207. The van der Waals surface area contributed by atoms with Gasteiger partial charge in [-0.25, -0.2) is 4.79 Å². The van der Waals surface area contributed by atoms with Gasteiger partial charge in [-0.05, 0) is 86.2 Å². The van der Waals surface area contributed by atoms with Gasteiger partial charge in [0.05, 0.1) is 12.2 Å². The number of unbranched alkanes of at least 4 members (excludes halogenated alkanes) is 1. The van der Waals surface area contributed by atoms with Crippen LogP contribution in [0.25, 0.3) is 0 Å². The van der Waals surface area contributed by atoms with E-state index in [-0.39, 0.29) is 12.6 Å². The first kappa shape index (κ1) is 27.8. The summed E-state index contributed by atoms with van der Waals surface area (Å²) in [5, 5.41) is 0.320. The van der Waals surface area contributed by atoms with E-state index in [0.717, 1.165) is 58.8 Å². The van der Waals surface area contributed by atoms with Crippen molar-refractivity contribution in [3.63, 3.8) is 0 Å². The Morgan fingerprint density at radius 1 is 1.17 bits per heavy atom. The van der Waals surface area contributed by atoms with Gasteiger partial charge in [0.1, 0.15) is 5.75 Å². The molecule has 0 fully saturated rings. The van der Waals surface area contributed by atoms with Gasteiger partial charge >= 0.3 is 12.1 Å². The van der Waals surface area contributed by atoms with Crippen LogP contribution in [0.5, 0.6) is 5.75 Å². The third-order valence-corrected chi connectivity index (χ3v) is 8.62. The largest absolute Gasteiger partial charge is 0.482 e. The van der Waals surface area contributed by atoms with E-state index in [4.69, 9.17) is 9.47 Å². The molecule has 2 atom stereocenters. The molecule has 0 amide bonds. The van der Waals surface area contributed by atoms with Gasteiger partial charge in [0.25, 0.3) is 0 Å². The van der Waals surface area contributed by atoms with E-state index in [2.05, 4.69) is 13.0 Å². The Bertz CT molecular complexity index is 994. The molecule has 0 saturated heterocycles. The molecule has 35 heavy (non-hydrogen) atoms. The SMILES string of the molecule is CCCCC(CCSc1ccc(OCC(=O)OCC)c(C)c1)C1Cc2ccc(C(F)(F)F)cc2S1. The number of fused-ring (bicyclic) bond motifs is 1. The standard InChI is InChI=1S/C27H33F3O3S2/c1-4-6-7-19(24-15-20-8-9-21(27(28,29)30)16-25(20)35-24)12-13-34-22-10-11-23(18(3)14-22)33-17-26(31)32-5-2/h8-11,14,16,19,24H,4-7,12-13,15,17H2,1-3H3. The smallest absolute Gasteiger partial charge is 0.416 e. The van der Waals surface area contributed by atoms with Crippen LogP contribution in [-0.2, 0) is 22.1 Å². The van der Waals surface area contributed by atoms with Gasteiger partial charge < -0.3 is 9.47 Å². The van der Waals surface area contributed by atoms with Crippen molar-refractivity contribution in [1.82, 2.24) is 0 Å². The molecule has 1 heterocycles. The summed E-state index contributed by atoms with van der Waals surface area (Å²) in [5.74, 6) is 1.69. The van der Waals surface area contributed by atoms with Crippen molar-refractivity contribution in [3.8, 4) is 5.75 Å². The molecule has 0 saturated carbocycles. The van der Waals surface area contributed by atoms with Crippen LogP contribution in [0, 0.1) is 12.8 Å². The van der Waals surface area contributed by atoms with Gasteiger partial charge in [-0.15, -0.1) is 23.5 Å². The maximum atomic E-state index is 13.1. The van der Waals surface area contributed by atoms with E-state index in [1.54, 1.807) is 36.5 Å². The first-order chi connectivity index (χ1) is 16.7. The molecule has 0 aliphatic carbocycles. The Kier molecular flexibility index (Phi) is 10.3. The van der Waals surface area contributed by atoms with Gasteiger partial charge in [0.15, 0.2) is 6.61 Å². The lowest BCUT2D eigenvalue weighted by atomic mass is 9.92. The van der Waals surface area contributed by atoms with E-state index < -0.39 is 11.7 Å². The monoisotopic (exact) mass is 526 g/mol. The minimum absolute atomic E-state index is 0.105. The maximum absolute atomic E-state index is 13.1. The highest BCUT2D eigenvalue weighted by molar-refractivity contribution is 8.00. The van der Waals surface area contributed by atoms with Gasteiger partial charge in [0.2, 0.25) is 0 Å². The predicted molar refractivity (Wildman–Crippen MR) is 136 cm³/mol. The van der Waals surface area contributed by atoms with Crippen LogP contribution >= 0.6 is 23.5 Å². The number of ether oxygens (including phenoxy) is 2. The summed E-state index contributed by atoms with van der Waals surface area (Å²) in [7, 11) is 0. The van der Waals surface area contributed by atoms with E-state index >= 15 is 0 Å². The summed E-state index contributed by atoms with van der Waals surface area (Å²) in [6.45, 7) is 6.11. The Morgan fingerprint density at radius 3 is 2.66 bits per heavy atom. The van der Waals surface area contributed by atoms with Crippen LogP contribution in [0.1, 0.15) is 56.2 Å². The highest BCUT2D eigenvalue weighted by atomic mass is 32.2. The Labute approximate surface area is 214 Å². The summed E-state index contributed by atoms with van der Waals surface area (Å²) >= 11 is 3.40. The molecule has 2 unspecified atom stereocenters. The number of halogens is 3.